The summed E-state index contributed by atoms with van der Waals surface area (Å²) in [4.78, 5) is 58.4. The van der Waals surface area contributed by atoms with Crippen LogP contribution in [0.4, 0.5) is 4.79 Å². The maximum atomic E-state index is 14.5. The third-order valence-electron chi connectivity index (χ3n) is 10.3. The number of rotatable bonds is 10. The standard InChI is InChI=1S/C41H42N8O5/c1-3-20-42-39(52)33-14-8-7-12-31(33)25-47-35-15-9-13-30(34(35)23-44-47)24-46-26-37-48(36(40(46)53)21-28-16-18-32(50)19-17-28)38(51)27-45(2)49(37)41(54)43-22-29-10-5-4-6-11-29/h1,4-19,23,34-37,50H,20-22,24-27H2,2H3,(H,42,52)(H,43,54)/t34?,35?,36-,37-/m0/s1. The molecule has 0 saturated carbocycles. The third kappa shape index (κ3) is 7.42. The first-order chi connectivity index (χ1) is 26.2. The van der Waals surface area contributed by atoms with E-state index in [1.165, 1.54) is 0 Å². The van der Waals surface area contributed by atoms with Crippen LogP contribution >= 0.6 is 0 Å². The number of fused-ring (bicyclic) bond motifs is 2. The molecule has 0 bridgehead atoms. The Labute approximate surface area is 314 Å². The first kappa shape index (κ1) is 36.0. The fourth-order valence-electron chi connectivity index (χ4n) is 7.61. The van der Waals surface area contributed by atoms with Crippen molar-refractivity contribution in [2.24, 2.45) is 11.0 Å². The molecular formula is C41H42N8O5. The van der Waals surface area contributed by atoms with Gasteiger partial charge in [0.05, 0.1) is 32.2 Å². The number of phenols is 1. The average molecular weight is 727 g/mol. The maximum absolute atomic E-state index is 14.5. The summed E-state index contributed by atoms with van der Waals surface area (Å²) in [6.45, 7) is 1.08. The van der Waals surface area contributed by atoms with Gasteiger partial charge in [-0.2, -0.15) is 5.10 Å². The molecular weight excluding hydrogens is 685 g/mol. The van der Waals surface area contributed by atoms with Crippen molar-refractivity contribution in [1.29, 1.82) is 0 Å². The van der Waals surface area contributed by atoms with Crippen LogP contribution in [0.25, 0.3) is 0 Å². The van der Waals surface area contributed by atoms with E-state index in [1.54, 1.807) is 57.2 Å². The van der Waals surface area contributed by atoms with Gasteiger partial charge in [-0.15, -0.1) is 6.42 Å². The fraction of sp³-hybridized carbons (Fsp3) is 0.293. The van der Waals surface area contributed by atoms with Crippen molar-refractivity contribution >= 4 is 30.0 Å². The molecule has 2 saturated heterocycles. The molecule has 276 valence electrons. The van der Waals surface area contributed by atoms with Crippen LogP contribution in [0.5, 0.6) is 5.75 Å². The van der Waals surface area contributed by atoms with Crippen molar-refractivity contribution in [2.45, 2.75) is 37.8 Å². The molecule has 4 aliphatic rings. The lowest BCUT2D eigenvalue weighted by Gasteiger charge is -2.54. The highest BCUT2D eigenvalue weighted by Gasteiger charge is 2.51. The summed E-state index contributed by atoms with van der Waals surface area (Å²) in [7, 11) is 1.70. The number of benzene rings is 3. The predicted octanol–water partition coefficient (Wildman–Crippen LogP) is 2.72. The van der Waals surface area contributed by atoms with E-state index in [0.717, 1.165) is 22.3 Å². The largest absolute Gasteiger partial charge is 0.508 e. The molecule has 0 radical (unpaired) electrons. The number of terminal acetylenes is 1. The molecule has 0 spiro atoms. The van der Waals surface area contributed by atoms with Gasteiger partial charge in [0, 0.05) is 44.3 Å². The number of amides is 5. The molecule has 5 amide bonds. The zero-order valence-electron chi connectivity index (χ0n) is 29.9. The molecule has 7 rings (SSSR count). The zero-order chi connectivity index (χ0) is 37.8. The zero-order valence-corrected chi connectivity index (χ0v) is 29.9. The van der Waals surface area contributed by atoms with Gasteiger partial charge in [0.25, 0.3) is 5.91 Å². The van der Waals surface area contributed by atoms with Crippen molar-refractivity contribution in [1.82, 2.24) is 35.5 Å². The van der Waals surface area contributed by atoms with Gasteiger partial charge < -0.3 is 25.5 Å². The normalized spacial score (nSPS) is 22.0. The summed E-state index contributed by atoms with van der Waals surface area (Å²) in [6, 6.07) is 22.1. The summed E-state index contributed by atoms with van der Waals surface area (Å²) >= 11 is 0. The van der Waals surface area contributed by atoms with Gasteiger partial charge in [-0.05, 0) is 40.5 Å². The Bertz CT molecular complexity index is 2040. The Balaban J connectivity index is 1.13. The van der Waals surface area contributed by atoms with Crippen LogP contribution in [-0.2, 0) is 29.1 Å². The van der Waals surface area contributed by atoms with E-state index < -0.39 is 12.2 Å². The number of carbonyl (C=O) groups excluding carboxylic acids is 4. The third-order valence-corrected chi connectivity index (χ3v) is 10.3. The highest BCUT2D eigenvalue weighted by atomic mass is 16.3. The van der Waals surface area contributed by atoms with Gasteiger partial charge >= 0.3 is 6.03 Å². The second-order valence-corrected chi connectivity index (χ2v) is 13.7. The number of piperazine rings is 1. The molecule has 0 aromatic heterocycles. The van der Waals surface area contributed by atoms with Crippen LogP contribution in [0.15, 0.2) is 108 Å². The number of hydrogen-bond donors (Lipinski definition) is 3. The Morgan fingerprint density at radius 2 is 1.72 bits per heavy atom. The van der Waals surface area contributed by atoms with E-state index in [1.807, 2.05) is 71.9 Å². The lowest BCUT2D eigenvalue weighted by atomic mass is 9.87. The Morgan fingerprint density at radius 1 is 0.963 bits per heavy atom. The van der Waals surface area contributed by atoms with Crippen molar-refractivity contribution in [3.8, 4) is 18.1 Å². The van der Waals surface area contributed by atoms with Gasteiger partial charge in [0.2, 0.25) is 11.8 Å². The first-order valence-corrected chi connectivity index (χ1v) is 17.9. The second kappa shape index (κ2) is 15.7. The number of allylic oxidation sites excluding steroid dienone is 2. The van der Waals surface area contributed by atoms with Crippen LogP contribution < -0.4 is 10.6 Å². The number of urea groups is 1. The summed E-state index contributed by atoms with van der Waals surface area (Å²) in [6.07, 6.45) is 12.7. The maximum Gasteiger partial charge on any atom is 0.334 e. The first-order valence-electron chi connectivity index (χ1n) is 17.9. The smallest absolute Gasteiger partial charge is 0.334 e. The molecule has 3 heterocycles. The number of nitrogens with zero attached hydrogens (tertiary/aromatic N) is 6. The van der Waals surface area contributed by atoms with Gasteiger partial charge in [0.1, 0.15) is 18.0 Å². The number of hydrazone groups is 1. The minimum Gasteiger partial charge on any atom is -0.508 e. The van der Waals surface area contributed by atoms with Crippen molar-refractivity contribution in [3.63, 3.8) is 0 Å². The molecule has 2 unspecified atom stereocenters. The van der Waals surface area contributed by atoms with Crippen LogP contribution in [0.2, 0.25) is 0 Å². The lowest BCUT2D eigenvalue weighted by molar-refractivity contribution is -0.186. The minimum atomic E-state index is -0.889. The minimum absolute atomic E-state index is 0.0741. The van der Waals surface area contributed by atoms with Crippen molar-refractivity contribution < 1.29 is 24.3 Å². The number of hydrazine groups is 1. The number of likely N-dealkylation sites (N-methyl/N-ethyl adjacent to an activating group) is 1. The van der Waals surface area contributed by atoms with Gasteiger partial charge in [0.15, 0.2) is 0 Å². The molecule has 3 N–H and O–H groups in total. The summed E-state index contributed by atoms with van der Waals surface area (Å²) in [5, 5.41) is 25.5. The van der Waals surface area contributed by atoms with E-state index in [-0.39, 0.29) is 74.1 Å². The number of aromatic hydroxyl groups is 1. The van der Waals surface area contributed by atoms with Gasteiger partial charge in [-0.1, -0.05) is 84.8 Å². The summed E-state index contributed by atoms with van der Waals surface area (Å²) in [5.41, 5.74) is 3.97. The molecule has 3 aliphatic heterocycles. The van der Waals surface area contributed by atoms with Crippen LogP contribution in [-0.4, -0.2) is 111 Å². The number of carbonyl (C=O) groups is 4. The van der Waals surface area contributed by atoms with Crippen LogP contribution in [0.3, 0.4) is 0 Å². The monoisotopic (exact) mass is 726 g/mol. The highest BCUT2D eigenvalue weighted by Crippen LogP contribution is 2.34. The SMILES string of the molecule is C#CCNC(=O)c1ccccc1CN1N=CC2C(CN3C[C@H]4N(C(=O)CN(C)N4C(=O)NCc4ccccc4)[C@@H](Cc4ccc(O)cc4)C3=O)=CC=CC21. The lowest BCUT2D eigenvalue weighted by Crippen LogP contribution is -2.76. The van der Waals surface area contributed by atoms with Gasteiger partial charge in [-0.3, -0.25) is 19.4 Å². The van der Waals surface area contributed by atoms with Crippen LogP contribution in [0.1, 0.15) is 27.0 Å². The average Bonchev–Trinajstić information content (AvgIpc) is 3.59. The highest BCUT2D eigenvalue weighted by molar-refractivity contribution is 5.96. The molecule has 3 aromatic carbocycles. The molecule has 4 atom stereocenters. The summed E-state index contributed by atoms with van der Waals surface area (Å²) < 4.78 is 0. The van der Waals surface area contributed by atoms with Crippen LogP contribution in [0, 0.1) is 18.3 Å². The predicted molar refractivity (Wildman–Crippen MR) is 202 cm³/mol. The van der Waals surface area contributed by atoms with Crippen molar-refractivity contribution in [2.75, 3.05) is 33.2 Å². The number of hydrogen-bond acceptors (Lipinski definition) is 8. The van der Waals surface area contributed by atoms with E-state index in [4.69, 9.17) is 11.5 Å². The number of phenolic OH excluding ortho intramolecular Hbond substituents is 1. The Morgan fingerprint density at radius 3 is 2.50 bits per heavy atom. The van der Waals surface area contributed by atoms with E-state index in [0.29, 0.717) is 18.7 Å². The number of nitrogens with one attached hydrogen (secondary N) is 2. The van der Waals surface area contributed by atoms with E-state index in [2.05, 4.69) is 22.6 Å². The molecule has 2 fully saturated rings. The molecule has 3 aromatic rings. The van der Waals surface area contributed by atoms with E-state index >= 15 is 0 Å². The quantitative estimate of drug-likeness (QED) is 0.273. The molecule has 1 aliphatic carbocycles. The topological polar surface area (TPSA) is 141 Å². The molecule has 54 heavy (non-hydrogen) atoms. The van der Waals surface area contributed by atoms with E-state index in [9.17, 15) is 24.3 Å². The molecule has 13 heteroatoms. The molecule has 13 nitrogen and oxygen atoms in total. The van der Waals surface area contributed by atoms with Gasteiger partial charge in [-0.25, -0.2) is 14.8 Å². The summed E-state index contributed by atoms with van der Waals surface area (Å²) in [5.74, 6) is 1.64. The Kier molecular flexibility index (Phi) is 10.5. The van der Waals surface area contributed by atoms with Crippen molar-refractivity contribution in [3.05, 3.63) is 125 Å². The fourth-order valence-corrected chi connectivity index (χ4v) is 7.61. The Hall–Kier alpha value is -6.39. The second-order valence-electron chi connectivity index (χ2n) is 13.7.